The maximum Gasteiger partial charge on any atom is 0.0547 e. The second kappa shape index (κ2) is 7.88. The van der Waals surface area contributed by atoms with Crippen molar-refractivity contribution in [1.29, 1.82) is 0 Å². The van der Waals surface area contributed by atoms with Gasteiger partial charge >= 0.3 is 0 Å². The zero-order valence-electron chi connectivity index (χ0n) is 7.88. The normalized spacial score (nSPS) is 7.50. The molecule has 0 atom stereocenters. The van der Waals surface area contributed by atoms with Crippen molar-refractivity contribution in [2.45, 2.75) is 20.3 Å². The SMILES string of the molecule is CCC.N.Nc1ccccc1N. The van der Waals surface area contributed by atoms with Crippen LogP contribution in [0.25, 0.3) is 0 Å². The molecule has 0 spiro atoms. The van der Waals surface area contributed by atoms with Gasteiger partial charge in [0, 0.05) is 0 Å². The molecule has 7 N–H and O–H groups in total. The molecule has 1 aromatic rings. The second-order valence-electron chi connectivity index (χ2n) is 2.34. The fourth-order valence-corrected chi connectivity index (χ4v) is 0.511. The van der Waals surface area contributed by atoms with Crippen LogP contribution >= 0.6 is 0 Å². The van der Waals surface area contributed by atoms with Crippen molar-refractivity contribution in [3.8, 4) is 0 Å². The van der Waals surface area contributed by atoms with Gasteiger partial charge in [-0.25, -0.2) is 0 Å². The minimum absolute atomic E-state index is 0. The van der Waals surface area contributed by atoms with Crippen LogP contribution in [0.1, 0.15) is 20.3 Å². The first-order valence-corrected chi connectivity index (χ1v) is 3.82. The van der Waals surface area contributed by atoms with Gasteiger partial charge < -0.3 is 17.6 Å². The largest absolute Gasteiger partial charge is 0.397 e. The lowest BCUT2D eigenvalue weighted by molar-refractivity contribution is 1.09. The van der Waals surface area contributed by atoms with Crippen molar-refractivity contribution >= 4 is 11.4 Å². The monoisotopic (exact) mass is 169 g/mol. The van der Waals surface area contributed by atoms with Crippen LogP contribution in [0.5, 0.6) is 0 Å². The molecule has 0 saturated carbocycles. The molecule has 0 aliphatic heterocycles. The summed E-state index contributed by atoms with van der Waals surface area (Å²) >= 11 is 0. The predicted octanol–water partition coefficient (Wildman–Crippen LogP) is 2.43. The number of hydrogen-bond donors (Lipinski definition) is 3. The van der Waals surface area contributed by atoms with Crippen molar-refractivity contribution in [2.24, 2.45) is 0 Å². The van der Waals surface area contributed by atoms with E-state index in [1.807, 2.05) is 12.1 Å². The first-order chi connectivity index (χ1) is 5.22. The summed E-state index contributed by atoms with van der Waals surface area (Å²) < 4.78 is 0. The Kier molecular flexibility index (Phi) is 8.79. The molecule has 0 aromatic heterocycles. The van der Waals surface area contributed by atoms with E-state index in [0.29, 0.717) is 11.4 Å². The maximum absolute atomic E-state index is 5.39. The van der Waals surface area contributed by atoms with E-state index in [2.05, 4.69) is 13.8 Å². The number of anilines is 2. The highest BCUT2D eigenvalue weighted by molar-refractivity contribution is 5.62. The Hall–Kier alpha value is -1.22. The van der Waals surface area contributed by atoms with Crippen LogP contribution in [0, 0.1) is 0 Å². The first-order valence-electron chi connectivity index (χ1n) is 3.82. The molecule has 0 fully saturated rings. The molecule has 0 bridgehead atoms. The van der Waals surface area contributed by atoms with Gasteiger partial charge in [0.25, 0.3) is 0 Å². The van der Waals surface area contributed by atoms with Gasteiger partial charge in [-0.2, -0.15) is 0 Å². The third-order valence-electron chi connectivity index (χ3n) is 0.996. The smallest absolute Gasteiger partial charge is 0.0547 e. The third kappa shape index (κ3) is 5.56. The van der Waals surface area contributed by atoms with Crippen molar-refractivity contribution in [2.75, 3.05) is 11.5 Å². The molecular weight excluding hydrogens is 150 g/mol. The van der Waals surface area contributed by atoms with Crippen LogP contribution < -0.4 is 17.6 Å². The zero-order chi connectivity index (χ0) is 8.69. The van der Waals surface area contributed by atoms with Crippen molar-refractivity contribution < 1.29 is 0 Å². The van der Waals surface area contributed by atoms with Gasteiger partial charge in [0.2, 0.25) is 0 Å². The van der Waals surface area contributed by atoms with Crippen molar-refractivity contribution in [3.63, 3.8) is 0 Å². The summed E-state index contributed by atoms with van der Waals surface area (Å²) in [5, 5.41) is 0. The molecule has 0 heterocycles. The molecule has 0 radical (unpaired) electrons. The average molecular weight is 169 g/mol. The number of benzene rings is 1. The molecule has 3 nitrogen and oxygen atoms in total. The van der Waals surface area contributed by atoms with Crippen molar-refractivity contribution in [1.82, 2.24) is 6.15 Å². The maximum atomic E-state index is 5.39. The van der Waals surface area contributed by atoms with E-state index in [0.717, 1.165) is 0 Å². The summed E-state index contributed by atoms with van der Waals surface area (Å²) in [6.45, 7) is 4.25. The number of nitrogen functional groups attached to an aromatic ring is 2. The standard InChI is InChI=1S/C6H8N2.C3H8.H3N/c7-5-3-1-2-4-6(5)8;1-3-2;/h1-4H,7-8H2;3H2,1-2H3;1H3. The van der Waals surface area contributed by atoms with Gasteiger partial charge in [0.15, 0.2) is 0 Å². The fraction of sp³-hybridized carbons (Fsp3) is 0.333. The predicted molar refractivity (Wildman–Crippen MR) is 56.3 cm³/mol. The van der Waals surface area contributed by atoms with Gasteiger partial charge in [-0.15, -0.1) is 0 Å². The molecule has 0 aliphatic carbocycles. The summed E-state index contributed by atoms with van der Waals surface area (Å²) in [4.78, 5) is 0. The summed E-state index contributed by atoms with van der Waals surface area (Å²) in [6, 6.07) is 7.25. The molecule has 0 aliphatic rings. The van der Waals surface area contributed by atoms with E-state index >= 15 is 0 Å². The second-order valence-corrected chi connectivity index (χ2v) is 2.34. The van der Waals surface area contributed by atoms with Crippen LogP contribution in [-0.2, 0) is 0 Å². The fourth-order valence-electron chi connectivity index (χ4n) is 0.511. The number of para-hydroxylation sites is 2. The van der Waals surface area contributed by atoms with E-state index in [1.54, 1.807) is 12.1 Å². The summed E-state index contributed by atoms with van der Waals surface area (Å²) in [5.41, 5.74) is 12.1. The lowest BCUT2D eigenvalue weighted by atomic mass is 10.3. The molecule has 70 valence electrons. The van der Waals surface area contributed by atoms with E-state index in [-0.39, 0.29) is 6.15 Å². The molecule has 1 rings (SSSR count). The summed E-state index contributed by atoms with van der Waals surface area (Å²) in [6.07, 6.45) is 1.25. The van der Waals surface area contributed by atoms with E-state index in [9.17, 15) is 0 Å². The van der Waals surface area contributed by atoms with Crippen LogP contribution in [0.15, 0.2) is 24.3 Å². The minimum atomic E-state index is 0. The van der Waals surface area contributed by atoms with Crippen LogP contribution in [0.4, 0.5) is 11.4 Å². The van der Waals surface area contributed by atoms with E-state index in [4.69, 9.17) is 11.5 Å². The zero-order valence-corrected chi connectivity index (χ0v) is 7.88. The lowest BCUT2D eigenvalue weighted by Gasteiger charge is -1.94. The number of nitrogens with two attached hydrogens (primary N) is 2. The minimum Gasteiger partial charge on any atom is -0.397 e. The van der Waals surface area contributed by atoms with Crippen molar-refractivity contribution in [3.05, 3.63) is 24.3 Å². The molecule has 12 heavy (non-hydrogen) atoms. The topological polar surface area (TPSA) is 87.0 Å². The molecular formula is C9H19N3. The van der Waals surface area contributed by atoms with Gasteiger partial charge in [0.1, 0.15) is 0 Å². The Morgan fingerprint density at radius 2 is 1.25 bits per heavy atom. The van der Waals surface area contributed by atoms with Crippen LogP contribution in [-0.4, -0.2) is 0 Å². The summed E-state index contributed by atoms with van der Waals surface area (Å²) in [5.74, 6) is 0. The number of hydrogen-bond acceptors (Lipinski definition) is 3. The van der Waals surface area contributed by atoms with Gasteiger partial charge in [-0.1, -0.05) is 32.4 Å². The third-order valence-corrected chi connectivity index (χ3v) is 0.996. The molecule has 0 amide bonds. The van der Waals surface area contributed by atoms with Crippen LogP contribution in [0.2, 0.25) is 0 Å². The van der Waals surface area contributed by atoms with Gasteiger partial charge in [0.05, 0.1) is 11.4 Å². The lowest BCUT2D eigenvalue weighted by Crippen LogP contribution is -1.91. The molecule has 1 aromatic carbocycles. The first kappa shape index (κ1) is 13.4. The molecule has 0 saturated heterocycles. The Balaban J connectivity index is 0. The highest BCUT2D eigenvalue weighted by Crippen LogP contribution is 2.10. The number of rotatable bonds is 0. The Morgan fingerprint density at radius 1 is 1.00 bits per heavy atom. The van der Waals surface area contributed by atoms with E-state index in [1.165, 1.54) is 6.42 Å². The molecule has 0 unspecified atom stereocenters. The summed E-state index contributed by atoms with van der Waals surface area (Å²) in [7, 11) is 0. The van der Waals surface area contributed by atoms with Gasteiger partial charge in [-0.3, -0.25) is 0 Å². The Labute approximate surface area is 74.3 Å². The quantitative estimate of drug-likeness (QED) is 0.521. The average Bonchev–Trinajstić information content (AvgIpc) is 1.97. The van der Waals surface area contributed by atoms with Gasteiger partial charge in [-0.05, 0) is 12.1 Å². The van der Waals surface area contributed by atoms with Crippen LogP contribution in [0.3, 0.4) is 0 Å². The van der Waals surface area contributed by atoms with E-state index < -0.39 is 0 Å². The highest BCUT2D eigenvalue weighted by atomic mass is 14.7. The highest BCUT2D eigenvalue weighted by Gasteiger charge is 1.85. The Morgan fingerprint density at radius 3 is 1.42 bits per heavy atom. The molecule has 3 heteroatoms. The Bertz CT molecular complexity index is 178.